The van der Waals surface area contributed by atoms with Crippen molar-refractivity contribution in [1.29, 1.82) is 0 Å². The van der Waals surface area contributed by atoms with E-state index in [1.807, 2.05) is 44.2 Å². The Morgan fingerprint density at radius 1 is 1.24 bits per heavy atom. The number of hydrogen-bond donors (Lipinski definition) is 1. The van der Waals surface area contributed by atoms with Crippen molar-refractivity contribution < 1.29 is 9.53 Å². The van der Waals surface area contributed by atoms with Crippen LogP contribution in [0.1, 0.15) is 28.9 Å². The number of benzene rings is 1. The average Bonchev–Trinajstić information content (AvgIpc) is 3.19. The van der Waals surface area contributed by atoms with Gasteiger partial charge in [-0.05, 0) is 32.9 Å². The highest BCUT2D eigenvalue weighted by Gasteiger charge is 2.14. The lowest BCUT2D eigenvalue weighted by Gasteiger charge is -2.02. The molecule has 9 heteroatoms. The minimum atomic E-state index is -0.583. The molecule has 1 N–H and O–H groups in total. The second kappa shape index (κ2) is 7.04. The van der Waals surface area contributed by atoms with Crippen molar-refractivity contribution in [2.24, 2.45) is 10.2 Å². The number of rotatable bonds is 5. The van der Waals surface area contributed by atoms with Crippen LogP contribution in [0.15, 0.2) is 40.6 Å². The summed E-state index contributed by atoms with van der Waals surface area (Å²) in [4.78, 5) is 15.5. The Morgan fingerprint density at radius 2 is 2.00 bits per heavy atom. The standard InChI is InChI=1S/C16H17N7O2/c1-4-25-15(24)14-17-16(21-19-14)20-18-13-10(2)22-23(11(13)3)12-8-6-5-7-9-12/h5-9H,4H2,1-3H3,(H,17,19,21). The maximum Gasteiger partial charge on any atom is 0.375 e. The lowest BCUT2D eigenvalue weighted by Crippen LogP contribution is -2.06. The number of aromatic nitrogens is 5. The van der Waals surface area contributed by atoms with Crippen LogP contribution < -0.4 is 0 Å². The second-order valence-corrected chi connectivity index (χ2v) is 5.17. The van der Waals surface area contributed by atoms with E-state index < -0.39 is 5.97 Å². The fourth-order valence-corrected chi connectivity index (χ4v) is 2.28. The third kappa shape index (κ3) is 3.44. The minimum Gasteiger partial charge on any atom is -0.460 e. The van der Waals surface area contributed by atoms with Crippen LogP contribution in [0, 0.1) is 13.8 Å². The van der Waals surface area contributed by atoms with Gasteiger partial charge in [0.15, 0.2) is 0 Å². The molecule has 9 nitrogen and oxygen atoms in total. The number of aryl methyl sites for hydroxylation is 1. The second-order valence-electron chi connectivity index (χ2n) is 5.17. The van der Waals surface area contributed by atoms with Gasteiger partial charge in [0, 0.05) is 0 Å². The normalized spacial score (nSPS) is 11.2. The molecule has 0 aliphatic heterocycles. The molecule has 25 heavy (non-hydrogen) atoms. The summed E-state index contributed by atoms with van der Waals surface area (Å²) in [6, 6.07) is 9.75. The van der Waals surface area contributed by atoms with Gasteiger partial charge in [-0.1, -0.05) is 18.2 Å². The topological polar surface area (TPSA) is 110 Å². The first kappa shape index (κ1) is 16.5. The predicted octanol–water partition coefficient (Wildman–Crippen LogP) is 3.20. The summed E-state index contributed by atoms with van der Waals surface area (Å²) < 4.78 is 6.63. The van der Waals surface area contributed by atoms with Crippen molar-refractivity contribution in [3.05, 3.63) is 47.5 Å². The highest BCUT2D eigenvalue weighted by molar-refractivity contribution is 5.85. The molecule has 1 aromatic carbocycles. The molecule has 2 aromatic heterocycles. The molecule has 0 aliphatic rings. The number of ether oxygens (including phenoxy) is 1. The Bertz CT molecular complexity index is 912. The monoisotopic (exact) mass is 339 g/mol. The van der Waals surface area contributed by atoms with Crippen LogP contribution in [0.5, 0.6) is 0 Å². The molecule has 0 radical (unpaired) electrons. The summed E-state index contributed by atoms with van der Waals surface area (Å²) >= 11 is 0. The first-order chi connectivity index (χ1) is 12.1. The van der Waals surface area contributed by atoms with E-state index in [1.165, 1.54) is 0 Å². The van der Waals surface area contributed by atoms with Gasteiger partial charge in [-0.25, -0.2) is 9.48 Å². The zero-order chi connectivity index (χ0) is 17.8. The Balaban J connectivity index is 1.85. The highest BCUT2D eigenvalue weighted by atomic mass is 16.5. The van der Waals surface area contributed by atoms with Gasteiger partial charge in [-0.15, -0.1) is 15.3 Å². The maximum atomic E-state index is 11.6. The van der Waals surface area contributed by atoms with Crippen molar-refractivity contribution in [1.82, 2.24) is 25.0 Å². The van der Waals surface area contributed by atoms with Gasteiger partial charge in [0.05, 0.1) is 23.7 Å². The lowest BCUT2D eigenvalue weighted by molar-refractivity contribution is 0.0512. The molecule has 0 bridgehead atoms. The highest BCUT2D eigenvalue weighted by Crippen LogP contribution is 2.26. The summed E-state index contributed by atoms with van der Waals surface area (Å²) in [5, 5.41) is 19.0. The molecule has 3 aromatic rings. The SMILES string of the molecule is CCOC(=O)c1nc(N=Nc2c(C)nn(-c3ccccc3)c2C)n[nH]1. The van der Waals surface area contributed by atoms with Gasteiger partial charge in [0.2, 0.25) is 5.82 Å². The smallest absolute Gasteiger partial charge is 0.375 e. The van der Waals surface area contributed by atoms with Gasteiger partial charge in [-0.2, -0.15) is 10.1 Å². The van der Waals surface area contributed by atoms with Crippen LogP contribution in [-0.4, -0.2) is 37.5 Å². The number of hydrogen-bond acceptors (Lipinski definition) is 7. The Morgan fingerprint density at radius 3 is 2.72 bits per heavy atom. The van der Waals surface area contributed by atoms with Crippen LogP contribution in [0.3, 0.4) is 0 Å². The van der Waals surface area contributed by atoms with Crippen LogP contribution >= 0.6 is 0 Å². The van der Waals surface area contributed by atoms with E-state index in [2.05, 4.69) is 30.5 Å². The van der Waals surface area contributed by atoms with Gasteiger partial charge in [-0.3, -0.25) is 5.10 Å². The summed E-state index contributed by atoms with van der Waals surface area (Å²) in [6.07, 6.45) is 0. The molecule has 0 fully saturated rings. The van der Waals surface area contributed by atoms with Crippen molar-refractivity contribution >= 4 is 17.6 Å². The Kier molecular flexibility index (Phi) is 4.64. The van der Waals surface area contributed by atoms with Crippen LogP contribution in [-0.2, 0) is 4.74 Å². The third-order valence-corrected chi connectivity index (χ3v) is 3.44. The van der Waals surface area contributed by atoms with E-state index in [0.29, 0.717) is 5.69 Å². The molecule has 0 saturated heterocycles. The van der Waals surface area contributed by atoms with Crippen LogP contribution in [0.4, 0.5) is 11.6 Å². The fraction of sp³-hybridized carbons (Fsp3) is 0.250. The average molecular weight is 339 g/mol. The number of nitrogens with one attached hydrogen (secondary N) is 1. The van der Waals surface area contributed by atoms with E-state index >= 15 is 0 Å². The molecular formula is C16H17N7O2. The number of carbonyl (C=O) groups excluding carboxylic acids is 1. The predicted molar refractivity (Wildman–Crippen MR) is 89.6 cm³/mol. The number of esters is 1. The number of aromatic amines is 1. The van der Waals surface area contributed by atoms with Crippen molar-refractivity contribution in [2.75, 3.05) is 6.61 Å². The molecule has 2 heterocycles. The number of para-hydroxylation sites is 1. The van der Waals surface area contributed by atoms with Gasteiger partial charge < -0.3 is 4.74 Å². The molecule has 3 rings (SSSR count). The summed E-state index contributed by atoms with van der Waals surface area (Å²) in [7, 11) is 0. The van der Waals surface area contributed by atoms with Crippen LogP contribution in [0.25, 0.3) is 5.69 Å². The van der Waals surface area contributed by atoms with Gasteiger partial charge >= 0.3 is 5.97 Å². The molecule has 128 valence electrons. The zero-order valence-corrected chi connectivity index (χ0v) is 14.1. The number of carbonyl (C=O) groups is 1. The number of H-pyrrole nitrogens is 1. The van der Waals surface area contributed by atoms with E-state index in [4.69, 9.17) is 4.74 Å². The fourth-order valence-electron chi connectivity index (χ4n) is 2.28. The molecule has 0 unspecified atom stereocenters. The van der Waals surface area contributed by atoms with Crippen molar-refractivity contribution in [3.63, 3.8) is 0 Å². The molecule has 0 aliphatic carbocycles. The zero-order valence-electron chi connectivity index (χ0n) is 14.1. The van der Waals surface area contributed by atoms with E-state index in [-0.39, 0.29) is 18.4 Å². The first-order valence-electron chi connectivity index (χ1n) is 7.73. The quantitative estimate of drug-likeness (QED) is 0.567. The van der Waals surface area contributed by atoms with E-state index in [0.717, 1.165) is 17.1 Å². The van der Waals surface area contributed by atoms with Crippen molar-refractivity contribution in [3.8, 4) is 5.69 Å². The largest absolute Gasteiger partial charge is 0.460 e. The molecule has 0 atom stereocenters. The third-order valence-electron chi connectivity index (χ3n) is 3.44. The molecule has 0 amide bonds. The molecule has 0 saturated carbocycles. The summed E-state index contributed by atoms with van der Waals surface area (Å²) in [6.45, 7) is 5.73. The maximum absolute atomic E-state index is 11.6. The summed E-state index contributed by atoms with van der Waals surface area (Å²) in [5.41, 5.74) is 3.14. The van der Waals surface area contributed by atoms with E-state index in [9.17, 15) is 4.79 Å². The first-order valence-corrected chi connectivity index (χ1v) is 7.73. The summed E-state index contributed by atoms with van der Waals surface area (Å²) in [5.74, 6) is -0.542. The minimum absolute atomic E-state index is 0.00998. The lowest BCUT2D eigenvalue weighted by atomic mass is 10.3. The van der Waals surface area contributed by atoms with E-state index in [1.54, 1.807) is 11.6 Å². The number of azo groups is 1. The van der Waals surface area contributed by atoms with Crippen molar-refractivity contribution in [2.45, 2.75) is 20.8 Å². The Hall–Kier alpha value is -3.36. The molecular weight excluding hydrogens is 322 g/mol. The van der Waals surface area contributed by atoms with Gasteiger partial charge in [0.25, 0.3) is 5.95 Å². The van der Waals surface area contributed by atoms with Gasteiger partial charge in [0.1, 0.15) is 5.69 Å². The molecule has 0 spiro atoms. The Labute approximate surface area is 143 Å². The number of nitrogens with zero attached hydrogens (tertiary/aromatic N) is 6. The van der Waals surface area contributed by atoms with Crippen LogP contribution in [0.2, 0.25) is 0 Å².